The molecule has 1 nitrogen and oxygen atoms in total. The summed E-state index contributed by atoms with van der Waals surface area (Å²) in [7, 11) is 0. The average Bonchev–Trinajstić information content (AvgIpc) is 2.37. The lowest BCUT2D eigenvalue weighted by atomic mass is 9.82. The molecule has 0 bridgehead atoms. The Hall–Kier alpha value is -0.340. The molecular weight excluding hydrogens is 286 g/mol. The van der Waals surface area contributed by atoms with Crippen LogP contribution in [0.4, 0.5) is 0 Å². The van der Waals surface area contributed by atoms with Crippen LogP contribution < -0.4 is 5.32 Å². The maximum absolute atomic E-state index is 3.69. The highest BCUT2D eigenvalue weighted by Crippen LogP contribution is 2.28. The molecule has 0 saturated heterocycles. The van der Waals surface area contributed by atoms with E-state index in [0.29, 0.717) is 6.04 Å². The van der Waals surface area contributed by atoms with Gasteiger partial charge in [-0.05, 0) is 55.8 Å². The minimum Gasteiger partial charge on any atom is -0.310 e. The average molecular weight is 310 g/mol. The number of hydrogen-bond acceptors (Lipinski definition) is 1. The molecule has 0 amide bonds. The summed E-state index contributed by atoms with van der Waals surface area (Å²) in [5.41, 5.74) is 1.38. The van der Waals surface area contributed by atoms with Crippen molar-refractivity contribution >= 4 is 15.9 Å². The number of nitrogens with one attached hydrogen (secondary N) is 1. The molecule has 0 heterocycles. The highest BCUT2D eigenvalue weighted by molar-refractivity contribution is 9.10. The van der Waals surface area contributed by atoms with Crippen LogP contribution in [0.15, 0.2) is 28.7 Å². The van der Waals surface area contributed by atoms with E-state index in [0.717, 1.165) is 16.3 Å². The van der Waals surface area contributed by atoms with E-state index in [1.54, 1.807) is 0 Å². The highest BCUT2D eigenvalue weighted by atomic mass is 79.9. The van der Waals surface area contributed by atoms with E-state index in [4.69, 9.17) is 0 Å². The summed E-state index contributed by atoms with van der Waals surface area (Å²) < 4.78 is 1.15. The summed E-state index contributed by atoms with van der Waals surface area (Å²) in [5.74, 6) is 1.81. The predicted octanol–water partition coefficient (Wildman–Crippen LogP) is 4.93. The Kier molecular flexibility index (Phi) is 5.25. The molecule has 2 heteroatoms. The van der Waals surface area contributed by atoms with Crippen LogP contribution in [-0.4, -0.2) is 6.54 Å². The normalized spacial score (nSPS) is 25.9. The van der Waals surface area contributed by atoms with Crippen molar-refractivity contribution in [2.24, 2.45) is 11.8 Å². The molecule has 100 valence electrons. The Morgan fingerprint density at radius 2 is 2.00 bits per heavy atom. The van der Waals surface area contributed by atoms with E-state index in [1.165, 1.54) is 37.8 Å². The Morgan fingerprint density at radius 3 is 2.67 bits per heavy atom. The van der Waals surface area contributed by atoms with Crippen LogP contribution in [0.25, 0.3) is 0 Å². The first-order chi connectivity index (χ1) is 8.65. The Labute approximate surface area is 119 Å². The van der Waals surface area contributed by atoms with Crippen molar-refractivity contribution in [1.82, 2.24) is 5.32 Å². The molecule has 2 rings (SSSR count). The van der Waals surface area contributed by atoms with Crippen LogP contribution in [0.3, 0.4) is 0 Å². The lowest BCUT2D eigenvalue weighted by Gasteiger charge is -2.28. The van der Waals surface area contributed by atoms with Gasteiger partial charge in [-0.3, -0.25) is 0 Å². The molecule has 0 aliphatic heterocycles. The fourth-order valence-corrected chi connectivity index (χ4v) is 3.22. The topological polar surface area (TPSA) is 12.0 Å². The van der Waals surface area contributed by atoms with E-state index < -0.39 is 0 Å². The summed E-state index contributed by atoms with van der Waals surface area (Å²) in [5, 5.41) is 3.69. The molecule has 18 heavy (non-hydrogen) atoms. The van der Waals surface area contributed by atoms with Crippen LogP contribution in [0.1, 0.15) is 51.1 Å². The third-order valence-corrected chi connectivity index (χ3v) is 4.66. The molecule has 0 aromatic heterocycles. The van der Waals surface area contributed by atoms with Gasteiger partial charge in [0, 0.05) is 10.5 Å². The Morgan fingerprint density at radius 1 is 1.28 bits per heavy atom. The van der Waals surface area contributed by atoms with Gasteiger partial charge in [0.25, 0.3) is 0 Å². The van der Waals surface area contributed by atoms with E-state index >= 15 is 0 Å². The van der Waals surface area contributed by atoms with Gasteiger partial charge in [-0.2, -0.15) is 0 Å². The Balaban J connectivity index is 1.80. The smallest absolute Gasteiger partial charge is 0.0291 e. The van der Waals surface area contributed by atoms with Crippen LogP contribution >= 0.6 is 15.9 Å². The summed E-state index contributed by atoms with van der Waals surface area (Å²) in [6.45, 7) is 5.82. The fraction of sp³-hybridized carbons (Fsp3) is 0.625. The summed E-state index contributed by atoms with van der Waals surface area (Å²) in [6, 6.07) is 9.10. The van der Waals surface area contributed by atoms with Gasteiger partial charge >= 0.3 is 0 Å². The molecule has 1 aromatic carbocycles. The molecule has 0 radical (unpaired) electrons. The van der Waals surface area contributed by atoms with Gasteiger partial charge in [-0.1, -0.05) is 47.8 Å². The zero-order chi connectivity index (χ0) is 13.0. The van der Waals surface area contributed by atoms with Gasteiger partial charge in [0.2, 0.25) is 0 Å². The maximum Gasteiger partial charge on any atom is 0.0291 e. The van der Waals surface area contributed by atoms with Gasteiger partial charge in [0.05, 0.1) is 0 Å². The highest BCUT2D eigenvalue weighted by Gasteiger charge is 2.19. The molecule has 1 saturated carbocycles. The van der Waals surface area contributed by atoms with Gasteiger partial charge in [-0.15, -0.1) is 0 Å². The van der Waals surface area contributed by atoms with Crippen molar-refractivity contribution in [2.75, 3.05) is 6.54 Å². The van der Waals surface area contributed by atoms with Crippen LogP contribution in [0.2, 0.25) is 0 Å². The van der Waals surface area contributed by atoms with E-state index in [1.807, 2.05) is 0 Å². The van der Waals surface area contributed by atoms with Crippen molar-refractivity contribution in [2.45, 2.75) is 45.6 Å². The van der Waals surface area contributed by atoms with Crippen molar-refractivity contribution in [3.05, 3.63) is 34.3 Å². The molecular formula is C16H24BrN. The number of halogens is 1. The van der Waals surface area contributed by atoms with Gasteiger partial charge in [0.1, 0.15) is 0 Å². The van der Waals surface area contributed by atoms with Gasteiger partial charge in [-0.25, -0.2) is 0 Å². The third kappa shape index (κ3) is 4.10. The number of benzene rings is 1. The lowest BCUT2D eigenvalue weighted by molar-refractivity contribution is 0.268. The van der Waals surface area contributed by atoms with Gasteiger partial charge in [0.15, 0.2) is 0 Å². The van der Waals surface area contributed by atoms with Crippen molar-refractivity contribution < 1.29 is 0 Å². The van der Waals surface area contributed by atoms with Crippen LogP contribution in [0.5, 0.6) is 0 Å². The first kappa shape index (κ1) is 14.1. The second-order valence-electron chi connectivity index (χ2n) is 5.82. The fourth-order valence-electron chi connectivity index (χ4n) is 2.96. The van der Waals surface area contributed by atoms with Gasteiger partial charge < -0.3 is 5.32 Å². The van der Waals surface area contributed by atoms with E-state index in [-0.39, 0.29) is 0 Å². The summed E-state index contributed by atoms with van der Waals surface area (Å²) in [6.07, 6.45) is 5.66. The molecule has 1 aromatic rings. The van der Waals surface area contributed by atoms with E-state index in [9.17, 15) is 0 Å². The largest absolute Gasteiger partial charge is 0.310 e. The molecule has 1 fully saturated rings. The van der Waals surface area contributed by atoms with Crippen LogP contribution in [0, 0.1) is 11.8 Å². The third-order valence-electron chi connectivity index (χ3n) is 4.13. The number of hydrogen-bond donors (Lipinski definition) is 1. The van der Waals surface area contributed by atoms with Crippen LogP contribution in [-0.2, 0) is 0 Å². The zero-order valence-corrected chi connectivity index (χ0v) is 13.0. The molecule has 3 unspecified atom stereocenters. The first-order valence-corrected chi connectivity index (χ1v) is 7.93. The van der Waals surface area contributed by atoms with Crippen molar-refractivity contribution in [3.63, 3.8) is 0 Å². The predicted molar refractivity (Wildman–Crippen MR) is 81.7 cm³/mol. The monoisotopic (exact) mass is 309 g/mol. The van der Waals surface area contributed by atoms with Crippen molar-refractivity contribution in [1.29, 1.82) is 0 Å². The second-order valence-corrected chi connectivity index (χ2v) is 6.73. The van der Waals surface area contributed by atoms with E-state index in [2.05, 4.69) is 59.4 Å². The molecule has 1 aliphatic rings. The zero-order valence-electron chi connectivity index (χ0n) is 11.5. The second kappa shape index (κ2) is 6.72. The SMILES string of the molecule is CC1CCCC(CNC(C)c2ccc(Br)cc2)C1. The minimum atomic E-state index is 0.454. The minimum absolute atomic E-state index is 0.454. The molecule has 1 N–H and O–H groups in total. The maximum atomic E-state index is 3.69. The molecule has 3 atom stereocenters. The number of rotatable bonds is 4. The van der Waals surface area contributed by atoms with Crippen molar-refractivity contribution in [3.8, 4) is 0 Å². The summed E-state index contributed by atoms with van der Waals surface area (Å²) in [4.78, 5) is 0. The summed E-state index contributed by atoms with van der Waals surface area (Å²) >= 11 is 3.48. The first-order valence-electron chi connectivity index (χ1n) is 7.14. The quantitative estimate of drug-likeness (QED) is 0.832. The Bertz CT molecular complexity index is 360. The standard InChI is InChI=1S/C16H24BrN/c1-12-4-3-5-14(10-12)11-18-13(2)15-6-8-16(17)9-7-15/h6-9,12-14,18H,3-5,10-11H2,1-2H3. The lowest BCUT2D eigenvalue weighted by Crippen LogP contribution is -2.28. The molecule has 1 aliphatic carbocycles. The molecule has 0 spiro atoms.